The third kappa shape index (κ3) is 6.90. The van der Waals surface area contributed by atoms with E-state index in [1.54, 1.807) is 11.8 Å². The number of nitrogens with two attached hydrogens (primary N) is 1. The molecule has 2 heterocycles. The van der Waals surface area contributed by atoms with E-state index in [0.717, 1.165) is 17.8 Å². The van der Waals surface area contributed by atoms with Gasteiger partial charge in [0, 0.05) is 37.9 Å². The van der Waals surface area contributed by atoms with E-state index in [1.807, 2.05) is 34.6 Å². The lowest BCUT2D eigenvalue weighted by Gasteiger charge is -2.31. The van der Waals surface area contributed by atoms with Crippen molar-refractivity contribution >= 4 is 27.9 Å². The number of sulfonamides is 1. The lowest BCUT2D eigenvalue weighted by atomic mass is 9.79. The number of carbonyl (C=O) groups excluding carboxylic acids is 2. The van der Waals surface area contributed by atoms with Crippen molar-refractivity contribution < 1.29 is 27.5 Å². The summed E-state index contributed by atoms with van der Waals surface area (Å²) in [6.07, 6.45) is 3.60. The Hall–Kier alpha value is -2.56. The minimum atomic E-state index is -3.88. The van der Waals surface area contributed by atoms with E-state index in [-0.39, 0.29) is 41.2 Å². The minimum Gasteiger partial charge on any atom is -0.492 e. The van der Waals surface area contributed by atoms with Crippen molar-refractivity contribution in [1.29, 1.82) is 0 Å². The minimum absolute atomic E-state index is 0.00641. The molecule has 1 amide bonds. The molecule has 11 heteroatoms. The Labute approximate surface area is 227 Å². The molecule has 2 unspecified atom stereocenters. The predicted octanol–water partition coefficient (Wildman–Crippen LogP) is 3.21. The molecule has 0 aromatic carbocycles. The number of unbranched alkanes of at least 4 members (excludes halogenated alkanes) is 1. The van der Waals surface area contributed by atoms with Crippen LogP contribution >= 0.6 is 0 Å². The van der Waals surface area contributed by atoms with Gasteiger partial charge in [-0.25, -0.2) is 13.1 Å². The number of fused-ring (bicyclic) bond motifs is 1. The fourth-order valence-electron chi connectivity index (χ4n) is 5.73. The third-order valence-corrected chi connectivity index (χ3v) is 9.57. The van der Waals surface area contributed by atoms with E-state index in [4.69, 9.17) is 15.2 Å². The maximum absolute atomic E-state index is 13.3. The number of guanidine groups is 1. The molecular weight excluding hydrogens is 508 g/mol. The Kier molecular flexibility index (Phi) is 9.54. The van der Waals surface area contributed by atoms with Crippen molar-refractivity contribution in [3.63, 3.8) is 0 Å². The highest BCUT2D eigenvalue weighted by atomic mass is 32.2. The van der Waals surface area contributed by atoms with Crippen LogP contribution in [0.3, 0.4) is 0 Å². The highest BCUT2D eigenvalue weighted by Gasteiger charge is 2.47. The summed E-state index contributed by atoms with van der Waals surface area (Å²) in [5.41, 5.74) is 7.17. The molecule has 2 atom stereocenters. The maximum atomic E-state index is 13.3. The van der Waals surface area contributed by atoms with Gasteiger partial charge in [0.1, 0.15) is 11.4 Å². The second-order valence-corrected chi connectivity index (χ2v) is 12.8. The number of piperidine rings is 1. The van der Waals surface area contributed by atoms with Crippen LogP contribution in [0.4, 0.5) is 0 Å². The number of nitrogens with zero attached hydrogens (tertiary/aromatic N) is 2. The van der Waals surface area contributed by atoms with Crippen LogP contribution in [0.15, 0.2) is 26.8 Å². The second kappa shape index (κ2) is 12.1. The van der Waals surface area contributed by atoms with Crippen molar-refractivity contribution in [1.82, 2.24) is 9.62 Å². The topological polar surface area (TPSA) is 140 Å². The lowest BCUT2D eigenvalue weighted by molar-refractivity contribution is -0.151. The van der Waals surface area contributed by atoms with E-state index in [9.17, 15) is 18.0 Å². The molecule has 2 aliphatic heterocycles. The first-order valence-electron chi connectivity index (χ1n) is 13.7. The molecule has 1 aliphatic carbocycles. The summed E-state index contributed by atoms with van der Waals surface area (Å²) < 4.78 is 40.3. The number of aliphatic imine (C=N–C) groups is 1. The molecule has 2 fully saturated rings. The number of ether oxygens (including phenoxy) is 2. The molecule has 0 spiro atoms. The van der Waals surface area contributed by atoms with Gasteiger partial charge in [-0.15, -0.1) is 0 Å². The van der Waals surface area contributed by atoms with E-state index in [2.05, 4.69) is 9.71 Å². The molecule has 0 aromatic heterocycles. The van der Waals surface area contributed by atoms with Crippen molar-refractivity contribution in [3.05, 3.63) is 21.8 Å². The lowest BCUT2D eigenvalue weighted by Crippen LogP contribution is -2.40. The zero-order valence-electron chi connectivity index (χ0n) is 23.6. The van der Waals surface area contributed by atoms with Gasteiger partial charge in [0.05, 0.1) is 17.4 Å². The molecule has 2 saturated heterocycles. The standard InChI is InChI=1S/C27H44N4O6S/c1-7-36-25(33)20-11-14-31(15-12-20)22(32)10-8-9-13-29-26(28)30-38(34,35)24-18(3)17(2)23-21(19(24)4)16-27(5,6)37-23/h19-21H,7-16H2,1-6H3,(H3,28,29,30). The summed E-state index contributed by atoms with van der Waals surface area (Å²) in [5, 5.41) is 0. The van der Waals surface area contributed by atoms with Gasteiger partial charge < -0.3 is 20.1 Å². The highest BCUT2D eigenvalue weighted by Crippen LogP contribution is 2.50. The first kappa shape index (κ1) is 30.0. The molecule has 0 saturated carbocycles. The Morgan fingerprint density at radius 2 is 1.84 bits per heavy atom. The van der Waals surface area contributed by atoms with Gasteiger partial charge in [0.15, 0.2) is 0 Å². The van der Waals surface area contributed by atoms with Crippen LogP contribution in [0.2, 0.25) is 0 Å². The van der Waals surface area contributed by atoms with Gasteiger partial charge in [-0.05, 0) is 77.9 Å². The molecule has 0 bridgehead atoms. The zero-order chi connectivity index (χ0) is 28.3. The Balaban J connectivity index is 1.47. The number of esters is 1. The van der Waals surface area contributed by atoms with Crippen molar-refractivity contribution in [2.24, 2.45) is 28.5 Å². The number of allylic oxidation sites excluding steroid dienone is 4. The smallest absolute Gasteiger partial charge is 0.309 e. The average Bonchev–Trinajstić information content (AvgIpc) is 3.18. The monoisotopic (exact) mass is 552 g/mol. The van der Waals surface area contributed by atoms with Crippen LogP contribution in [0.5, 0.6) is 0 Å². The average molecular weight is 553 g/mol. The van der Waals surface area contributed by atoms with Gasteiger partial charge >= 0.3 is 5.97 Å². The van der Waals surface area contributed by atoms with Crippen LogP contribution in [0.25, 0.3) is 0 Å². The molecule has 0 radical (unpaired) electrons. The molecule has 214 valence electrons. The molecule has 3 rings (SSSR count). The summed E-state index contributed by atoms with van der Waals surface area (Å²) in [6.45, 7) is 13.3. The second-order valence-electron chi connectivity index (χ2n) is 11.2. The van der Waals surface area contributed by atoms with E-state index in [0.29, 0.717) is 68.8 Å². The zero-order valence-corrected chi connectivity index (χ0v) is 24.4. The van der Waals surface area contributed by atoms with Crippen LogP contribution in [-0.4, -0.2) is 63.0 Å². The fourth-order valence-corrected chi connectivity index (χ4v) is 7.39. The largest absolute Gasteiger partial charge is 0.492 e. The number of hydrogen-bond acceptors (Lipinski definition) is 7. The maximum Gasteiger partial charge on any atom is 0.309 e. The van der Waals surface area contributed by atoms with Gasteiger partial charge in [-0.1, -0.05) is 6.92 Å². The molecule has 3 aliphatic rings. The number of hydrogen-bond donors (Lipinski definition) is 2. The first-order chi connectivity index (χ1) is 17.8. The van der Waals surface area contributed by atoms with Crippen LogP contribution in [0, 0.1) is 17.8 Å². The van der Waals surface area contributed by atoms with E-state index in [1.165, 1.54) is 0 Å². The first-order valence-corrected chi connectivity index (χ1v) is 15.1. The molecule has 3 N–H and O–H groups in total. The van der Waals surface area contributed by atoms with Crippen LogP contribution < -0.4 is 10.5 Å². The summed E-state index contributed by atoms with van der Waals surface area (Å²) in [4.78, 5) is 30.7. The normalized spacial score (nSPS) is 24.3. The Morgan fingerprint density at radius 3 is 2.47 bits per heavy atom. The van der Waals surface area contributed by atoms with E-state index >= 15 is 0 Å². The molecule has 10 nitrogen and oxygen atoms in total. The summed E-state index contributed by atoms with van der Waals surface area (Å²) in [6, 6.07) is 0. The van der Waals surface area contributed by atoms with Crippen molar-refractivity contribution in [3.8, 4) is 0 Å². The number of likely N-dealkylation sites (tertiary alicyclic amines) is 1. The van der Waals surface area contributed by atoms with Crippen molar-refractivity contribution in [2.45, 2.75) is 85.7 Å². The number of amides is 1. The van der Waals surface area contributed by atoms with Gasteiger partial charge in [-0.3, -0.25) is 14.6 Å². The van der Waals surface area contributed by atoms with Gasteiger partial charge in [0.25, 0.3) is 10.0 Å². The van der Waals surface area contributed by atoms with Crippen LogP contribution in [-0.2, 0) is 29.1 Å². The summed E-state index contributed by atoms with van der Waals surface area (Å²) in [7, 11) is -3.88. The van der Waals surface area contributed by atoms with E-state index < -0.39 is 10.0 Å². The molecule has 38 heavy (non-hydrogen) atoms. The molecular formula is C27H44N4O6S. The Morgan fingerprint density at radius 1 is 1.18 bits per heavy atom. The van der Waals surface area contributed by atoms with Crippen molar-refractivity contribution in [2.75, 3.05) is 26.2 Å². The van der Waals surface area contributed by atoms with Gasteiger partial charge in [-0.2, -0.15) is 0 Å². The van der Waals surface area contributed by atoms with Crippen LogP contribution in [0.1, 0.15) is 80.1 Å². The number of nitrogens with one attached hydrogen (secondary N) is 1. The van der Waals surface area contributed by atoms with Gasteiger partial charge in [0.2, 0.25) is 11.9 Å². The Bertz CT molecular complexity index is 1120. The summed E-state index contributed by atoms with van der Waals surface area (Å²) >= 11 is 0. The number of carbonyl (C=O) groups is 2. The fraction of sp³-hybridized carbons (Fsp3) is 0.741. The molecule has 0 aromatic rings. The quantitative estimate of drug-likeness (QED) is 0.194. The number of rotatable bonds is 9. The summed E-state index contributed by atoms with van der Waals surface area (Å²) in [5.74, 6) is 0.250. The highest BCUT2D eigenvalue weighted by molar-refractivity contribution is 7.94. The SMILES string of the molecule is CCOC(=O)C1CCN(C(=O)CCCCN=C(N)NS(=O)(=O)C2=C(C)C(C)=C3OC(C)(C)CC3C2C)CC1. The third-order valence-electron chi connectivity index (χ3n) is 7.83. The predicted molar refractivity (Wildman–Crippen MR) is 146 cm³/mol.